The van der Waals surface area contributed by atoms with Gasteiger partial charge in [0, 0.05) is 19.6 Å². The summed E-state index contributed by atoms with van der Waals surface area (Å²) in [7, 11) is 3.54. The number of hydrogen-bond acceptors (Lipinski definition) is 2. The minimum atomic E-state index is -1.60. The summed E-state index contributed by atoms with van der Waals surface area (Å²) in [5, 5.41) is 2.47. The average molecular weight is 352 g/mol. The van der Waals surface area contributed by atoms with Crippen molar-refractivity contribution in [3.63, 3.8) is 0 Å². The number of carbonyl (C=O) groups is 1. The molecule has 1 aliphatic heterocycles. The largest absolute Gasteiger partial charge is 0.330 e. The van der Waals surface area contributed by atoms with Gasteiger partial charge < -0.3 is 4.48 Å². The number of ketones is 1. The summed E-state index contributed by atoms with van der Waals surface area (Å²) >= 11 is 0. The Morgan fingerprint density at radius 2 is 1.26 bits per heavy atom. The van der Waals surface area contributed by atoms with Gasteiger partial charge in [-0.3, -0.25) is 9.69 Å². The van der Waals surface area contributed by atoms with E-state index in [-0.39, 0.29) is 0 Å². The van der Waals surface area contributed by atoms with Crippen molar-refractivity contribution in [2.24, 2.45) is 0 Å². The number of rotatable bonds is 5. The second-order valence-corrected chi connectivity index (χ2v) is 20.3. The number of hydrogen-bond donors (Lipinski definition) is 0. The Labute approximate surface area is 144 Å². The summed E-state index contributed by atoms with van der Waals surface area (Å²) in [6.07, 6.45) is 0. The molecule has 1 fully saturated rings. The predicted octanol–water partition coefficient (Wildman–Crippen LogP) is 2.94. The third-order valence-electron chi connectivity index (χ3n) is 4.77. The van der Waals surface area contributed by atoms with Crippen molar-refractivity contribution >= 4 is 21.9 Å². The van der Waals surface area contributed by atoms with Gasteiger partial charge in [0.1, 0.15) is 0 Å². The number of quaternary nitrogens is 1. The van der Waals surface area contributed by atoms with Gasteiger partial charge in [0.05, 0.1) is 43.8 Å². The van der Waals surface area contributed by atoms with Crippen LogP contribution in [0, 0.1) is 0 Å². The topological polar surface area (TPSA) is 20.3 Å². The first-order valence-corrected chi connectivity index (χ1v) is 15.8. The molecule has 3 nitrogen and oxygen atoms in total. The Balaban J connectivity index is 2.37. The first kappa shape index (κ1) is 18.8. The van der Waals surface area contributed by atoms with Gasteiger partial charge in [-0.05, 0) is 21.5 Å². The first-order chi connectivity index (χ1) is 10.2. The third-order valence-corrected chi connectivity index (χ3v) is 8.83. The fraction of sp³-hybridized carbons (Fsp3) is 0.722. The maximum atomic E-state index is 13.2. The highest BCUT2D eigenvalue weighted by atomic mass is 28.3. The molecule has 2 aliphatic rings. The molecule has 0 aromatic heterocycles. The lowest BCUT2D eigenvalue weighted by Gasteiger charge is -2.28. The Bertz CT molecular complexity index is 542. The van der Waals surface area contributed by atoms with Crippen molar-refractivity contribution in [1.29, 1.82) is 0 Å². The maximum Gasteiger partial charge on any atom is 0.177 e. The van der Waals surface area contributed by atoms with Crippen molar-refractivity contribution in [3.8, 4) is 0 Å². The van der Waals surface area contributed by atoms with Gasteiger partial charge in [-0.1, -0.05) is 39.3 Å². The minimum absolute atomic E-state index is 0.430. The van der Waals surface area contributed by atoms with Gasteiger partial charge in [0.15, 0.2) is 5.78 Å². The van der Waals surface area contributed by atoms with Crippen LogP contribution in [0.3, 0.4) is 0 Å². The molecular formula is C18H35N2OSi2+. The predicted molar refractivity (Wildman–Crippen MR) is 105 cm³/mol. The maximum absolute atomic E-state index is 13.2. The van der Waals surface area contributed by atoms with Gasteiger partial charge >= 0.3 is 0 Å². The lowest BCUT2D eigenvalue weighted by atomic mass is 10.2. The number of carbonyl (C=O) groups excluding carboxylic acids is 1. The molecule has 1 heterocycles. The molecule has 0 amide bonds. The number of fused-ring (bicyclic) bond motifs is 1. The van der Waals surface area contributed by atoms with Crippen LogP contribution in [0.2, 0.25) is 39.3 Å². The number of likely N-dealkylation sites (N-methyl/N-ethyl adjacent to an activating group) is 1. The van der Waals surface area contributed by atoms with Crippen molar-refractivity contribution in [2.45, 2.75) is 39.3 Å². The van der Waals surface area contributed by atoms with E-state index >= 15 is 0 Å². The van der Waals surface area contributed by atoms with E-state index in [1.807, 2.05) is 0 Å². The lowest BCUT2D eigenvalue weighted by Crippen LogP contribution is -2.42. The molecule has 0 aromatic carbocycles. The zero-order valence-corrected chi connectivity index (χ0v) is 18.6. The van der Waals surface area contributed by atoms with Gasteiger partial charge in [0.2, 0.25) is 0 Å². The molecule has 0 saturated carbocycles. The third kappa shape index (κ3) is 3.95. The second-order valence-electron chi connectivity index (χ2n) is 10.3. The Kier molecular flexibility index (Phi) is 4.74. The van der Waals surface area contributed by atoms with E-state index in [2.05, 4.69) is 65.3 Å². The molecule has 0 bridgehead atoms. The molecule has 0 aromatic rings. The monoisotopic (exact) mass is 351 g/mol. The fourth-order valence-electron chi connectivity index (χ4n) is 3.74. The molecule has 0 spiro atoms. The summed E-state index contributed by atoms with van der Waals surface area (Å²) < 4.78 is 0.995. The summed E-state index contributed by atoms with van der Waals surface area (Å²) in [6.45, 7) is 18.2. The van der Waals surface area contributed by atoms with Crippen molar-refractivity contribution in [1.82, 2.24) is 4.90 Å². The fourth-order valence-corrected chi connectivity index (χ4v) is 7.75. The van der Waals surface area contributed by atoms with Crippen LogP contribution < -0.4 is 0 Å². The number of Topliss-reactive ketones (excluding diaryl/α,β-unsaturated/α-hetero) is 1. The first-order valence-electron chi connectivity index (χ1n) is 8.77. The molecule has 5 heteroatoms. The normalized spacial score (nSPS) is 20.8. The van der Waals surface area contributed by atoms with Gasteiger partial charge in [-0.2, -0.15) is 0 Å². The molecule has 1 aliphatic carbocycles. The molecule has 0 radical (unpaired) electrons. The van der Waals surface area contributed by atoms with Crippen LogP contribution in [0.25, 0.3) is 0 Å². The van der Waals surface area contributed by atoms with Crippen LogP contribution in [0.15, 0.2) is 21.5 Å². The number of nitrogens with zero attached hydrogens (tertiary/aromatic N) is 2. The molecule has 0 atom stereocenters. The van der Waals surface area contributed by atoms with Gasteiger partial charge in [0.25, 0.3) is 0 Å². The highest BCUT2D eigenvalue weighted by molar-refractivity contribution is 6.94. The van der Waals surface area contributed by atoms with E-state index < -0.39 is 16.1 Å². The van der Waals surface area contributed by atoms with Crippen LogP contribution >= 0.6 is 0 Å². The summed E-state index contributed by atoms with van der Waals surface area (Å²) in [6, 6.07) is 0. The SMILES string of the molecule is C[N+](C)(C)CCN1CC2=C([Si](C)(C)C)C(=O)C([Si](C)(C)C)=C2C1. The molecule has 130 valence electrons. The Morgan fingerprint density at radius 3 is 1.57 bits per heavy atom. The molecular weight excluding hydrogens is 316 g/mol. The molecule has 1 saturated heterocycles. The van der Waals surface area contributed by atoms with Crippen LogP contribution in [0.1, 0.15) is 0 Å². The highest BCUT2D eigenvalue weighted by Gasteiger charge is 2.45. The molecule has 0 N–H and O–H groups in total. The van der Waals surface area contributed by atoms with Crippen LogP contribution in [0.4, 0.5) is 0 Å². The molecule has 23 heavy (non-hydrogen) atoms. The number of likely N-dealkylation sites (tertiary alicyclic amines) is 1. The summed E-state index contributed by atoms with van der Waals surface area (Å²) in [5.41, 5.74) is 2.85. The van der Waals surface area contributed by atoms with E-state index in [1.165, 1.54) is 21.5 Å². The van der Waals surface area contributed by atoms with E-state index in [1.54, 1.807) is 0 Å². The van der Waals surface area contributed by atoms with E-state index in [9.17, 15) is 4.79 Å². The highest BCUT2D eigenvalue weighted by Crippen LogP contribution is 2.42. The van der Waals surface area contributed by atoms with Crippen molar-refractivity contribution in [3.05, 3.63) is 21.5 Å². The van der Waals surface area contributed by atoms with E-state index in [0.29, 0.717) is 5.78 Å². The van der Waals surface area contributed by atoms with Crippen LogP contribution in [0.5, 0.6) is 0 Å². The van der Waals surface area contributed by atoms with Gasteiger partial charge in [-0.15, -0.1) is 0 Å². The zero-order chi connectivity index (χ0) is 17.8. The Morgan fingerprint density at radius 1 is 0.870 bits per heavy atom. The minimum Gasteiger partial charge on any atom is -0.330 e. The van der Waals surface area contributed by atoms with Gasteiger partial charge in [-0.25, -0.2) is 0 Å². The lowest BCUT2D eigenvalue weighted by molar-refractivity contribution is -0.869. The number of allylic oxidation sites excluding steroid dienone is 2. The van der Waals surface area contributed by atoms with E-state index in [4.69, 9.17) is 0 Å². The van der Waals surface area contributed by atoms with Crippen LogP contribution in [-0.4, -0.2) is 78.6 Å². The Hall–Kier alpha value is -0.496. The zero-order valence-electron chi connectivity index (χ0n) is 16.6. The standard InChI is InChI=1S/C18H35N2OSi2/c1-20(2,3)11-10-19-12-14-15(13-19)18(23(7,8)9)16(21)17(14)22(4,5)6/h10-13H2,1-9H3/q+1. The van der Waals surface area contributed by atoms with Crippen molar-refractivity contribution in [2.75, 3.05) is 47.3 Å². The molecule has 0 unspecified atom stereocenters. The quantitative estimate of drug-likeness (QED) is 0.561. The summed E-state index contributed by atoms with van der Waals surface area (Å²) in [5.74, 6) is 0.430. The van der Waals surface area contributed by atoms with Crippen molar-refractivity contribution < 1.29 is 9.28 Å². The smallest absolute Gasteiger partial charge is 0.177 e. The van der Waals surface area contributed by atoms with Crippen LogP contribution in [-0.2, 0) is 4.79 Å². The van der Waals surface area contributed by atoms with E-state index in [0.717, 1.165) is 30.7 Å². The summed E-state index contributed by atoms with van der Waals surface area (Å²) in [4.78, 5) is 15.7. The second kappa shape index (κ2) is 5.79. The molecule has 2 rings (SSSR count). The average Bonchev–Trinajstić information content (AvgIpc) is 2.76.